The van der Waals surface area contributed by atoms with E-state index in [1.807, 2.05) is 22.6 Å². The molecule has 15 heavy (non-hydrogen) atoms. The Morgan fingerprint density at radius 3 is 2.67 bits per heavy atom. The number of pyridine rings is 1. The molecule has 1 aromatic rings. The van der Waals surface area contributed by atoms with Gasteiger partial charge in [0.25, 0.3) is 6.43 Å². The highest BCUT2D eigenvalue weighted by molar-refractivity contribution is 14.1. The Kier molecular flexibility index (Phi) is 3.95. The molecule has 0 fully saturated rings. The van der Waals surface area contributed by atoms with Gasteiger partial charge in [-0.3, -0.25) is 9.78 Å². The molecule has 0 amide bonds. The molecule has 0 spiro atoms. The maximum atomic E-state index is 12.3. The van der Waals surface area contributed by atoms with Crippen molar-refractivity contribution in [3.05, 3.63) is 26.6 Å². The summed E-state index contributed by atoms with van der Waals surface area (Å²) in [7, 11) is 0. The van der Waals surface area contributed by atoms with Crippen molar-refractivity contribution in [2.45, 2.75) is 19.8 Å². The third-order valence-corrected chi connectivity index (χ3v) is 2.81. The third kappa shape index (κ3) is 3.08. The van der Waals surface area contributed by atoms with Gasteiger partial charge in [0.05, 0.1) is 6.42 Å². The summed E-state index contributed by atoms with van der Waals surface area (Å²) in [4.78, 5) is 14.2. The number of rotatable bonds is 3. The Labute approximate surface area is 98.7 Å². The fourth-order valence-electron chi connectivity index (χ4n) is 1.16. The first-order valence-electron chi connectivity index (χ1n) is 4.07. The lowest BCUT2D eigenvalue weighted by molar-refractivity contribution is -0.136. The molecule has 0 radical (unpaired) electrons. The van der Waals surface area contributed by atoms with Crippen molar-refractivity contribution < 1.29 is 18.7 Å². The number of hydrogen-bond donors (Lipinski definition) is 1. The number of carboxylic acids is 1. The van der Waals surface area contributed by atoms with Gasteiger partial charge in [-0.25, -0.2) is 8.78 Å². The van der Waals surface area contributed by atoms with Crippen LogP contribution in [0.4, 0.5) is 8.78 Å². The summed E-state index contributed by atoms with van der Waals surface area (Å²) >= 11 is 1.84. The van der Waals surface area contributed by atoms with E-state index in [0.717, 1.165) is 0 Å². The van der Waals surface area contributed by atoms with Gasteiger partial charge in [-0.1, -0.05) is 0 Å². The molecule has 0 aliphatic rings. The van der Waals surface area contributed by atoms with Crippen LogP contribution in [0.3, 0.4) is 0 Å². The number of aliphatic carboxylic acids is 1. The zero-order chi connectivity index (χ0) is 11.6. The van der Waals surface area contributed by atoms with E-state index in [2.05, 4.69) is 4.98 Å². The number of alkyl halides is 2. The van der Waals surface area contributed by atoms with Gasteiger partial charge in [0.2, 0.25) is 0 Å². The molecule has 0 aromatic carbocycles. The Balaban J connectivity index is 3.15. The summed E-state index contributed by atoms with van der Waals surface area (Å²) in [5.74, 6) is -0.998. The van der Waals surface area contributed by atoms with Crippen molar-refractivity contribution in [3.63, 3.8) is 0 Å². The highest BCUT2D eigenvalue weighted by Crippen LogP contribution is 2.23. The highest BCUT2D eigenvalue weighted by atomic mass is 127. The Morgan fingerprint density at radius 2 is 2.27 bits per heavy atom. The molecule has 0 aliphatic carbocycles. The number of aromatic nitrogens is 1. The van der Waals surface area contributed by atoms with E-state index in [1.165, 1.54) is 13.0 Å². The van der Waals surface area contributed by atoms with E-state index in [0.29, 0.717) is 14.8 Å². The van der Waals surface area contributed by atoms with Crippen LogP contribution < -0.4 is 0 Å². The lowest BCUT2D eigenvalue weighted by Crippen LogP contribution is -2.07. The summed E-state index contributed by atoms with van der Waals surface area (Å²) in [6.07, 6.45) is -2.82. The molecule has 1 heterocycles. The van der Waals surface area contributed by atoms with Crippen molar-refractivity contribution in [1.29, 1.82) is 0 Å². The van der Waals surface area contributed by atoms with Crippen LogP contribution in [0.15, 0.2) is 6.07 Å². The number of carboxylic acid groups (broad SMARTS) is 1. The van der Waals surface area contributed by atoms with Crippen LogP contribution in [0.25, 0.3) is 0 Å². The first kappa shape index (κ1) is 12.3. The second-order valence-corrected chi connectivity index (χ2v) is 4.13. The molecule has 1 rings (SSSR count). The lowest BCUT2D eigenvalue weighted by atomic mass is 10.1. The molecular formula is C9H8F2INO2. The van der Waals surface area contributed by atoms with Crippen LogP contribution >= 0.6 is 22.6 Å². The smallest absolute Gasteiger partial charge is 0.307 e. The molecule has 0 atom stereocenters. The topological polar surface area (TPSA) is 50.2 Å². The number of halogens is 3. The van der Waals surface area contributed by atoms with E-state index in [9.17, 15) is 13.6 Å². The Morgan fingerprint density at radius 1 is 1.67 bits per heavy atom. The SMILES string of the molecule is Cc1nc(C(F)F)cc(I)c1CC(=O)O. The van der Waals surface area contributed by atoms with Crippen molar-refractivity contribution in [2.75, 3.05) is 0 Å². The molecule has 1 aromatic heterocycles. The van der Waals surface area contributed by atoms with E-state index in [1.54, 1.807) is 0 Å². The second kappa shape index (κ2) is 4.82. The Bertz CT molecular complexity index is 373. The van der Waals surface area contributed by atoms with Gasteiger partial charge < -0.3 is 5.11 Å². The average Bonchev–Trinajstić information content (AvgIpc) is 2.10. The van der Waals surface area contributed by atoms with Gasteiger partial charge in [-0.2, -0.15) is 0 Å². The molecule has 3 nitrogen and oxygen atoms in total. The third-order valence-electron chi connectivity index (χ3n) is 1.85. The Hall–Kier alpha value is -0.790. The molecule has 82 valence electrons. The van der Waals surface area contributed by atoms with Crippen molar-refractivity contribution in [2.24, 2.45) is 0 Å². The number of aryl methyl sites for hydroxylation is 1. The number of nitrogens with zero attached hydrogens (tertiary/aromatic N) is 1. The van der Waals surface area contributed by atoms with Crippen LogP contribution in [-0.4, -0.2) is 16.1 Å². The maximum absolute atomic E-state index is 12.3. The predicted molar refractivity (Wildman–Crippen MR) is 58.0 cm³/mol. The van der Waals surface area contributed by atoms with Crippen LogP contribution in [0.1, 0.15) is 23.4 Å². The van der Waals surface area contributed by atoms with Gasteiger partial charge in [-0.15, -0.1) is 0 Å². The van der Waals surface area contributed by atoms with Crippen LogP contribution in [0.5, 0.6) is 0 Å². The number of hydrogen-bond acceptors (Lipinski definition) is 2. The highest BCUT2D eigenvalue weighted by Gasteiger charge is 2.15. The van der Waals surface area contributed by atoms with Gasteiger partial charge in [0.15, 0.2) is 0 Å². The molecule has 0 unspecified atom stereocenters. The van der Waals surface area contributed by atoms with E-state index in [-0.39, 0.29) is 12.1 Å². The molecule has 0 bridgehead atoms. The molecule has 0 saturated carbocycles. The molecule has 0 saturated heterocycles. The van der Waals surface area contributed by atoms with Gasteiger partial charge >= 0.3 is 5.97 Å². The second-order valence-electron chi connectivity index (χ2n) is 2.96. The van der Waals surface area contributed by atoms with Crippen LogP contribution in [-0.2, 0) is 11.2 Å². The summed E-state index contributed by atoms with van der Waals surface area (Å²) in [5.41, 5.74) is 0.526. The first-order chi connectivity index (χ1) is 6.91. The van der Waals surface area contributed by atoms with E-state index in [4.69, 9.17) is 5.11 Å². The quantitative estimate of drug-likeness (QED) is 0.868. The molecule has 6 heteroatoms. The zero-order valence-electron chi connectivity index (χ0n) is 7.80. The van der Waals surface area contributed by atoms with Gasteiger partial charge in [0.1, 0.15) is 5.69 Å². The van der Waals surface area contributed by atoms with Crippen molar-refractivity contribution >= 4 is 28.6 Å². The monoisotopic (exact) mass is 327 g/mol. The van der Waals surface area contributed by atoms with Crippen molar-refractivity contribution in [1.82, 2.24) is 4.98 Å². The van der Waals surface area contributed by atoms with Gasteiger partial charge in [0, 0.05) is 9.26 Å². The fraction of sp³-hybridized carbons (Fsp3) is 0.333. The minimum atomic E-state index is -2.63. The minimum absolute atomic E-state index is 0.194. The normalized spacial score (nSPS) is 10.7. The summed E-state index contributed by atoms with van der Waals surface area (Å²) < 4.78 is 25.2. The molecule has 1 N–H and O–H groups in total. The zero-order valence-corrected chi connectivity index (χ0v) is 9.96. The van der Waals surface area contributed by atoms with Crippen molar-refractivity contribution in [3.8, 4) is 0 Å². The lowest BCUT2D eigenvalue weighted by Gasteiger charge is -2.08. The standard InChI is InChI=1S/C9H8F2INO2/c1-4-5(2-8(14)15)6(12)3-7(13-4)9(10)11/h3,9H,2H2,1H3,(H,14,15). The largest absolute Gasteiger partial charge is 0.481 e. The fourth-order valence-corrected chi connectivity index (χ4v) is 2.06. The van der Waals surface area contributed by atoms with E-state index >= 15 is 0 Å². The predicted octanol–water partition coefficient (Wildman–Crippen LogP) is 2.56. The summed E-state index contributed by atoms with van der Waals surface area (Å²) in [6.45, 7) is 1.53. The summed E-state index contributed by atoms with van der Waals surface area (Å²) in [6, 6.07) is 1.22. The van der Waals surface area contributed by atoms with Crippen LogP contribution in [0.2, 0.25) is 0 Å². The van der Waals surface area contributed by atoms with Crippen LogP contribution in [0, 0.1) is 10.5 Å². The average molecular weight is 327 g/mol. The molecule has 0 aliphatic heterocycles. The minimum Gasteiger partial charge on any atom is -0.481 e. The first-order valence-corrected chi connectivity index (χ1v) is 5.15. The van der Waals surface area contributed by atoms with E-state index < -0.39 is 12.4 Å². The maximum Gasteiger partial charge on any atom is 0.307 e. The van der Waals surface area contributed by atoms with Gasteiger partial charge in [-0.05, 0) is 41.1 Å². The summed E-state index contributed by atoms with van der Waals surface area (Å²) in [5, 5.41) is 8.62. The number of carbonyl (C=O) groups is 1. The molecular weight excluding hydrogens is 319 g/mol.